The van der Waals surface area contributed by atoms with Crippen molar-refractivity contribution in [2.45, 2.75) is 38.6 Å². The third kappa shape index (κ3) is 2.99. The van der Waals surface area contributed by atoms with E-state index in [1.165, 1.54) is 0 Å². The second-order valence-corrected chi connectivity index (χ2v) is 5.48. The quantitative estimate of drug-likeness (QED) is 0.908. The lowest BCUT2D eigenvalue weighted by Gasteiger charge is -2.16. The molecule has 1 aliphatic heterocycles. The largest absolute Gasteiger partial charge is 0.342 e. The zero-order chi connectivity index (χ0) is 14.7. The SMILES string of the molecule is CCc1nccn1CCC(=O)N1CC[C@H](c2ccn[nH]2)C1. The van der Waals surface area contributed by atoms with E-state index in [-0.39, 0.29) is 5.91 Å². The first-order valence-corrected chi connectivity index (χ1v) is 7.55. The molecule has 3 heterocycles. The zero-order valence-electron chi connectivity index (χ0n) is 12.3. The Labute approximate surface area is 124 Å². The van der Waals surface area contributed by atoms with Crippen LogP contribution >= 0.6 is 0 Å². The standard InChI is InChI=1S/C15H21N5O/c1-2-14-16-7-10-19(14)9-5-15(21)20-8-4-12(11-20)13-3-6-17-18-13/h3,6-7,10,12H,2,4-5,8-9,11H2,1H3,(H,17,18)/t12-/m0/s1. The van der Waals surface area contributed by atoms with Gasteiger partial charge in [0.1, 0.15) is 5.82 Å². The number of H-pyrrole nitrogens is 1. The highest BCUT2D eigenvalue weighted by Gasteiger charge is 2.27. The molecule has 1 saturated heterocycles. The molecular formula is C15H21N5O. The highest BCUT2D eigenvalue weighted by atomic mass is 16.2. The maximum absolute atomic E-state index is 12.3. The summed E-state index contributed by atoms with van der Waals surface area (Å²) in [7, 11) is 0. The first-order chi connectivity index (χ1) is 10.3. The van der Waals surface area contributed by atoms with Gasteiger partial charge in [-0.25, -0.2) is 4.98 Å². The molecule has 0 unspecified atom stereocenters. The van der Waals surface area contributed by atoms with Crippen LogP contribution in [0.25, 0.3) is 0 Å². The van der Waals surface area contributed by atoms with Crippen LogP contribution in [0, 0.1) is 0 Å². The van der Waals surface area contributed by atoms with Crippen LogP contribution in [0.1, 0.15) is 37.2 Å². The molecule has 0 saturated carbocycles. The number of aromatic nitrogens is 4. The van der Waals surface area contributed by atoms with Crippen molar-refractivity contribution in [3.63, 3.8) is 0 Å². The molecule has 6 heteroatoms. The second kappa shape index (κ2) is 6.11. The number of aryl methyl sites for hydroxylation is 2. The maximum atomic E-state index is 12.3. The molecule has 0 spiro atoms. The fraction of sp³-hybridized carbons (Fsp3) is 0.533. The van der Waals surface area contributed by atoms with Crippen molar-refractivity contribution in [2.24, 2.45) is 0 Å². The minimum Gasteiger partial charge on any atom is -0.342 e. The molecule has 3 rings (SSSR count). The summed E-state index contributed by atoms with van der Waals surface area (Å²) in [4.78, 5) is 18.6. The molecule has 112 valence electrons. The predicted molar refractivity (Wildman–Crippen MR) is 78.7 cm³/mol. The Kier molecular flexibility index (Phi) is 4.03. The number of nitrogens with zero attached hydrogens (tertiary/aromatic N) is 4. The number of amides is 1. The van der Waals surface area contributed by atoms with Gasteiger partial charge in [0.15, 0.2) is 0 Å². The van der Waals surface area contributed by atoms with Crippen molar-refractivity contribution in [1.29, 1.82) is 0 Å². The summed E-state index contributed by atoms with van der Waals surface area (Å²) in [6.45, 7) is 4.43. The number of imidazole rings is 1. The van der Waals surface area contributed by atoms with E-state index < -0.39 is 0 Å². The number of rotatable bonds is 5. The summed E-state index contributed by atoms with van der Waals surface area (Å²) in [5, 5.41) is 6.99. The molecule has 2 aromatic heterocycles. The minimum atomic E-state index is 0.229. The molecule has 2 aromatic rings. The summed E-state index contributed by atoms with van der Waals surface area (Å²) >= 11 is 0. The van der Waals surface area contributed by atoms with E-state index in [1.807, 2.05) is 17.2 Å². The summed E-state index contributed by atoms with van der Waals surface area (Å²) < 4.78 is 2.07. The minimum absolute atomic E-state index is 0.229. The Morgan fingerprint density at radius 2 is 2.38 bits per heavy atom. The summed E-state index contributed by atoms with van der Waals surface area (Å²) in [6, 6.07) is 2.00. The Hall–Kier alpha value is -2.11. The molecule has 1 fully saturated rings. The number of nitrogens with one attached hydrogen (secondary N) is 1. The molecule has 21 heavy (non-hydrogen) atoms. The number of aromatic amines is 1. The lowest BCUT2D eigenvalue weighted by atomic mass is 10.1. The number of hydrogen-bond donors (Lipinski definition) is 1. The van der Waals surface area contributed by atoms with Crippen LogP contribution in [0.15, 0.2) is 24.7 Å². The van der Waals surface area contributed by atoms with Gasteiger partial charge < -0.3 is 9.47 Å². The molecule has 0 bridgehead atoms. The van der Waals surface area contributed by atoms with Gasteiger partial charge in [0.25, 0.3) is 0 Å². The van der Waals surface area contributed by atoms with Crippen LogP contribution in [0.3, 0.4) is 0 Å². The molecule has 0 aliphatic carbocycles. The van der Waals surface area contributed by atoms with Crippen LogP contribution < -0.4 is 0 Å². The van der Waals surface area contributed by atoms with E-state index in [0.717, 1.165) is 37.4 Å². The van der Waals surface area contributed by atoms with E-state index in [4.69, 9.17) is 0 Å². The lowest BCUT2D eigenvalue weighted by molar-refractivity contribution is -0.130. The molecule has 1 amide bonds. The van der Waals surface area contributed by atoms with Crippen molar-refractivity contribution in [3.8, 4) is 0 Å². The summed E-state index contributed by atoms with van der Waals surface area (Å²) in [5.74, 6) is 1.67. The smallest absolute Gasteiger partial charge is 0.224 e. The molecule has 6 nitrogen and oxygen atoms in total. The van der Waals surface area contributed by atoms with Gasteiger partial charge in [-0.15, -0.1) is 0 Å². The fourth-order valence-electron chi connectivity index (χ4n) is 2.97. The zero-order valence-corrected chi connectivity index (χ0v) is 12.3. The molecule has 1 aliphatic rings. The third-order valence-electron chi connectivity index (χ3n) is 4.19. The second-order valence-electron chi connectivity index (χ2n) is 5.48. The Morgan fingerprint density at radius 1 is 1.48 bits per heavy atom. The van der Waals surface area contributed by atoms with Crippen molar-refractivity contribution in [2.75, 3.05) is 13.1 Å². The van der Waals surface area contributed by atoms with Crippen LogP contribution in [-0.2, 0) is 17.8 Å². The van der Waals surface area contributed by atoms with Crippen molar-refractivity contribution >= 4 is 5.91 Å². The number of carbonyl (C=O) groups is 1. The van der Waals surface area contributed by atoms with E-state index in [0.29, 0.717) is 18.9 Å². The van der Waals surface area contributed by atoms with Gasteiger partial charge in [0.05, 0.1) is 0 Å². The van der Waals surface area contributed by atoms with E-state index >= 15 is 0 Å². The van der Waals surface area contributed by atoms with Gasteiger partial charge in [-0.2, -0.15) is 5.10 Å². The van der Waals surface area contributed by atoms with Gasteiger partial charge in [-0.05, 0) is 12.5 Å². The molecule has 0 aromatic carbocycles. The Morgan fingerprint density at radius 3 is 3.14 bits per heavy atom. The topological polar surface area (TPSA) is 66.8 Å². The van der Waals surface area contributed by atoms with Gasteiger partial charge >= 0.3 is 0 Å². The highest BCUT2D eigenvalue weighted by molar-refractivity contribution is 5.76. The Balaban J connectivity index is 1.52. The van der Waals surface area contributed by atoms with Crippen molar-refractivity contribution in [1.82, 2.24) is 24.6 Å². The van der Waals surface area contributed by atoms with Gasteiger partial charge in [-0.1, -0.05) is 6.92 Å². The average Bonchev–Trinajstić information content (AvgIpc) is 3.24. The molecular weight excluding hydrogens is 266 g/mol. The van der Waals surface area contributed by atoms with Gasteiger partial charge in [-0.3, -0.25) is 9.89 Å². The summed E-state index contributed by atoms with van der Waals surface area (Å²) in [6.07, 6.45) is 7.97. The Bertz CT molecular complexity index is 589. The van der Waals surface area contributed by atoms with Crippen LogP contribution in [0.5, 0.6) is 0 Å². The molecule has 1 N–H and O–H groups in total. The normalized spacial score (nSPS) is 18.3. The highest BCUT2D eigenvalue weighted by Crippen LogP contribution is 2.25. The molecule has 0 radical (unpaired) electrons. The number of carbonyl (C=O) groups excluding carboxylic acids is 1. The summed E-state index contributed by atoms with van der Waals surface area (Å²) in [5.41, 5.74) is 1.13. The number of likely N-dealkylation sites (tertiary alicyclic amines) is 1. The lowest BCUT2D eigenvalue weighted by Crippen LogP contribution is -2.29. The van der Waals surface area contributed by atoms with Crippen LogP contribution in [-0.4, -0.2) is 43.6 Å². The van der Waals surface area contributed by atoms with Gasteiger partial charge in [0.2, 0.25) is 5.91 Å². The molecule has 1 atom stereocenters. The number of hydrogen-bond acceptors (Lipinski definition) is 3. The first-order valence-electron chi connectivity index (χ1n) is 7.55. The van der Waals surface area contributed by atoms with E-state index in [1.54, 1.807) is 12.4 Å². The van der Waals surface area contributed by atoms with Crippen molar-refractivity contribution < 1.29 is 4.79 Å². The third-order valence-corrected chi connectivity index (χ3v) is 4.19. The van der Waals surface area contributed by atoms with Crippen molar-refractivity contribution in [3.05, 3.63) is 36.2 Å². The predicted octanol–water partition coefficient (Wildman–Crippen LogP) is 1.57. The monoisotopic (exact) mass is 287 g/mol. The van der Waals surface area contributed by atoms with Gasteiger partial charge in [0, 0.05) is 62.7 Å². The van der Waals surface area contributed by atoms with E-state index in [9.17, 15) is 4.79 Å². The first kappa shape index (κ1) is 13.9. The average molecular weight is 287 g/mol. The fourth-order valence-corrected chi connectivity index (χ4v) is 2.97. The van der Waals surface area contributed by atoms with Crippen LogP contribution in [0.2, 0.25) is 0 Å². The van der Waals surface area contributed by atoms with E-state index in [2.05, 4.69) is 26.7 Å². The maximum Gasteiger partial charge on any atom is 0.224 e. The van der Waals surface area contributed by atoms with Crippen LogP contribution in [0.4, 0.5) is 0 Å².